The fourth-order valence-electron chi connectivity index (χ4n) is 5.52. The highest BCUT2D eigenvalue weighted by molar-refractivity contribution is 6.23. The third kappa shape index (κ3) is 2.58. The van der Waals surface area contributed by atoms with E-state index in [1.807, 2.05) is 70.2 Å². The van der Waals surface area contributed by atoms with E-state index >= 15 is 0 Å². The summed E-state index contributed by atoms with van der Waals surface area (Å²) in [5, 5.41) is 16.7. The molecule has 0 saturated carbocycles. The van der Waals surface area contributed by atoms with Gasteiger partial charge in [0.15, 0.2) is 0 Å². The first-order valence-corrected chi connectivity index (χ1v) is 11.5. The first-order chi connectivity index (χ1) is 16.8. The summed E-state index contributed by atoms with van der Waals surface area (Å²) in [4.78, 5) is 28.3. The molecule has 1 unspecified atom stereocenters. The van der Waals surface area contributed by atoms with Crippen molar-refractivity contribution in [1.29, 1.82) is 0 Å². The van der Waals surface area contributed by atoms with Gasteiger partial charge < -0.3 is 5.11 Å². The molecule has 6 rings (SSSR count). The van der Waals surface area contributed by atoms with E-state index in [9.17, 15) is 14.7 Å². The van der Waals surface area contributed by atoms with Gasteiger partial charge in [0.05, 0.1) is 22.6 Å². The first-order valence-electron chi connectivity index (χ1n) is 11.5. The second-order valence-corrected chi connectivity index (χ2v) is 9.28. The molecule has 1 spiro atoms. The molecule has 35 heavy (non-hydrogen) atoms. The van der Waals surface area contributed by atoms with Gasteiger partial charge in [0.2, 0.25) is 5.54 Å². The van der Waals surface area contributed by atoms with E-state index in [1.54, 1.807) is 33.6 Å². The summed E-state index contributed by atoms with van der Waals surface area (Å²) >= 11 is 0. The minimum atomic E-state index is -1.31. The second-order valence-electron chi connectivity index (χ2n) is 9.28. The highest BCUT2D eigenvalue weighted by Gasteiger charge is 2.59. The number of amides is 1. The zero-order valence-corrected chi connectivity index (χ0v) is 19.9. The topological polar surface area (TPSA) is 79.8 Å². The lowest BCUT2D eigenvalue weighted by Gasteiger charge is -2.27. The number of para-hydroxylation sites is 1. The minimum absolute atomic E-state index is 0.0145. The minimum Gasteiger partial charge on any atom is -0.507 e. The van der Waals surface area contributed by atoms with Crippen LogP contribution in [0.2, 0.25) is 0 Å². The Morgan fingerprint density at radius 1 is 0.857 bits per heavy atom. The second kappa shape index (κ2) is 7.06. The van der Waals surface area contributed by atoms with E-state index in [-0.39, 0.29) is 17.2 Å². The van der Waals surface area contributed by atoms with E-state index in [4.69, 9.17) is 5.10 Å². The lowest BCUT2D eigenvalue weighted by molar-refractivity contribution is -0.122. The summed E-state index contributed by atoms with van der Waals surface area (Å²) in [5.74, 6) is -0.237. The number of rotatable bonds is 2. The number of aryl methyl sites for hydroxylation is 2. The lowest BCUT2D eigenvalue weighted by atomic mass is 9.84. The number of phenols is 1. The molecule has 2 aliphatic rings. The molecule has 1 N–H and O–H groups in total. The zero-order valence-electron chi connectivity index (χ0n) is 19.9. The maximum absolute atomic E-state index is 14.4. The molecule has 0 bridgehead atoms. The number of carbonyl (C=O) groups excluding carboxylic acids is 1. The van der Waals surface area contributed by atoms with E-state index in [2.05, 4.69) is 0 Å². The van der Waals surface area contributed by atoms with Crippen molar-refractivity contribution >= 4 is 17.3 Å². The van der Waals surface area contributed by atoms with Gasteiger partial charge in [0, 0.05) is 16.8 Å². The molecule has 1 atom stereocenters. The highest BCUT2D eigenvalue weighted by Crippen LogP contribution is 2.47. The number of phenolic OH excluding ortho intramolecular Hbond substituents is 1. The summed E-state index contributed by atoms with van der Waals surface area (Å²) < 4.78 is 3.33. The van der Waals surface area contributed by atoms with Crippen molar-refractivity contribution in [2.24, 2.45) is 5.10 Å². The number of carbonyl (C=O) groups is 1. The number of fused-ring (bicyclic) bond motifs is 5. The standard InChI is InChI=1S/C28H24N4O3/c1-16-8-7-9-20(14-16)30-27(35)28(19(4)29-30)22-13-12-17(2)15-23(22)31-26(34)25(18(3)32(28)31)21-10-5-6-11-24(21)33/h5-15,33H,1-4H3. The number of anilines is 1. The molecule has 3 heterocycles. The number of hydrazone groups is 1. The van der Waals surface area contributed by atoms with E-state index < -0.39 is 5.54 Å². The van der Waals surface area contributed by atoms with Gasteiger partial charge in [-0.3, -0.25) is 14.3 Å². The fourth-order valence-corrected chi connectivity index (χ4v) is 5.52. The summed E-state index contributed by atoms with van der Waals surface area (Å²) in [6.45, 7) is 7.57. The fraction of sp³-hybridized carbons (Fsp3) is 0.179. The summed E-state index contributed by atoms with van der Waals surface area (Å²) in [6.07, 6.45) is 0. The Hall–Kier alpha value is -4.39. The Bertz CT molecular complexity index is 1660. The summed E-state index contributed by atoms with van der Waals surface area (Å²) in [7, 11) is 0. The van der Waals surface area contributed by atoms with Crippen molar-refractivity contribution in [3.05, 3.63) is 99.5 Å². The Labute approximate surface area is 202 Å². The van der Waals surface area contributed by atoms with Gasteiger partial charge in [-0.2, -0.15) is 10.1 Å². The molecule has 7 heteroatoms. The molecular formula is C28H24N4O3. The third-order valence-corrected chi connectivity index (χ3v) is 7.07. The monoisotopic (exact) mass is 464 g/mol. The maximum atomic E-state index is 14.4. The molecule has 3 aromatic carbocycles. The van der Waals surface area contributed by atoms with Gasteiger partial charge in [0.1, 0.15) is 5.75 Å². The van der Waals surface area contributed by atoms with Gasteiger partial charge >= 0.3 is 0 Å². The Balaban J connectivity index is 1.69. The van der Waals surface area contributed by atoms with Crippen LogP contribution in [0, 0.1) is 20.8 Å². The van der Waals surface area contributed by atoms with Gasteiger partial charge in [-0.05, 0) is 63.1 Å². The molecule has 0 saturated heterocycles. The molecule has 0 aliphatic carbocycles. The SMILES string of the molecule is CC1=NN(c2cccc(C)c2)C(=O)C12c1ccc(C)cc1-n1c(=O)c(-c3ccccc3O)c(C)n12. The molecular weight excluding hydrogens is 440 g/mol. The quantitative estimate of drug-likeness (QED) is 0.477. The Morgan fingerprint density at radius 2 is 1.60 bits per heavy atom. The molecule has 2 aliphatic heterocycles. The highest BCUT2D eigenvalue weighted by atomic mass is 16.3. The van der Waals surface area contributed by atoms with Gasteiger partial charge in [-0.15, -0.1) is 0 Å². The van der Waals surface area contributed by atoms with Crippen LogP contribution < -0.4 is 10.6 Å². The van der Waals surface area contributed by atoms with Crippen LogP contribution in [0.3, 0.4) is 0 Å². The van der Waals surface area contributed by atoms with Crippen LogP contribution in [0.15, 0.2) is 76.6 Å². The van der Waals surface area contributed by atoms with E-state index in [1.165, 1.54) is 5.01 Å². The smallest absolute Gasteiger partial charge is 0.285 e. The predicted octanol–water partition coefficient (Wildman–Crippen LogP) is 4.42. The molecule has 174 valence electrons. The Morgan fingerprint density at radius 3 is 2.34 bits per heavy atom. The number of hydrogen-bond acceptors (Lipinski definition) is 4. The molecule has 0 radical (unpaired) electrons. The van der Waals surface area contributed by atoms with Crippen molar-refractivity contribution in [2.75, 3.05) is 5.01 Å². The maximum Gasteiger partial charge on any atom is 0.285 e. The van der Waals surface area contributed by atoms with E-state index in [0.29, 0.717) is 39.5 Å². The number of benzene rings is 3. The molecule has 7 nitrogen and oxygen atoms in total. The average Bonchev–Trinajstić information content (AvgIpc) is 3.37. The van der Waals surface area contributed by atoms with Gasteiger partial charge in [0.25, 0.3) is 11.5 Å². The van der Waals surface area contributed by atoms with Crippen LogP contribution in [0.5, 0.6) is 5.75 Å². The lowest BCUT2D eigenvalue weighted by Crippen LogP contribution is -2.48. The summed E-state index contributed by atoms with van der Waals surface area (Å²) in [5.41, 5.74) is 4.38. The first kappa shape index (κ1) is 21.2. The van der Waals surface area contributed by atoms with Crippen LogP contribution in [0.25, 0.3) is 16.8 Å². The zero-order chi connectivity index (χ0) is 24.6. The largest absolute Gasteiger partial charge is 0.507 e. The number of aromatic hydroxyl groups is 1. The predicted molar refractivity (Wildman–Crippen MR) is 135 cm³/mol. The van der Waals surface area contributed by atoms with Crippen molar-refractivity contribution in [3.8, 4) is 22.6 Å². The Kier molecular flexibility index (Phi) is 4.27. The molecule has 4 aromatic rings. The van der Waals surface area contributed by atoms with Crippen molar-refractivity contribution in [1.82, 2.24) is 9.36 Å². The van der Waals surface area contributed by atoms with Crippen LogP contribution in [0.1, 0.15) is 29.3 Å². The molecule has 1 amide bonds. The molecule has 1 aromatic heterocycles. The summed E-state index contributed by atoms with van der Waals surface area (Å²) in [6, 6.07) is 20.2. The number of nitrogens with zero attached hydrogens (tertiary/aromatic N) is 4. The average molecular weight is 465 g/mol. The van der Waals surface area contributed by atoms with Crippen LogP contribution in [-0.2, 0) is 10.3 Å². The van der Waals surface area contributed by atoms with Crippen LogP contribution in [-0.4, -0.2) is 26.1 Å². The normalized spacial score (nSPS) is 18.2. The van der Waals surface area contributed by atoms with Crippen molar-refractivity contribution in [3.63, 3.8) is 0 Å². The number of aromatic nitrogens is 2. The van der Waals surface area contributed by atoms with Crippen molar-refractivity contribution < 1.29 is 9.90 Å². The molecule has 0 fully saturated rings. The van der Waals surface area contributed by atoms with Gasteiger partial charge in [-0.1, -0.05) is 42.5 Å². The van der Waals surface area contributed by atoms with Crippen molar-refractivity contribution in [2.45, 2.75) is 33.2 Å². The van der Waals surface area contributed by atoms with Crippen LogP contribution >= 0.6 is 0 Å². The van der Waals surface area contributed by atoms with Gasteiger partial charge in [-0.25, -0.2) is 4.68 Å². The van der Waals surface area contributed by atoms with Crippen LogP contribution in [0.4, 0.5) is 5.69 Å². The number of hydrogen-bond donors (Lipinski definition) is 1. The third-order valence-electron chi connectivity index (χ3n) is 7.07. The van der Waals surface area contributed by atoms with E-state index in [0.717, 1.165) is 11.1 Å².